The summed E-state index contributed by atoms with van der Waals surface area (Å²) < 4.78 is 11.9. The Hall–Kier alpha value is -0.110. The Morgan fingerprint density at radius 2 is 1.92 bits per heavy atom. The minimum Gasteiger partial charge on any atom is -0.390 e. The average Bonchev–Trinajstić information content (AvgIpc) is 1.84. The van der Waals surface area contributed by atoms with Gasteiger partial charge in [-0.15, -0.1) is 0 Å². The van der Waals surface area contributed by atoms with Crippen molar-refractivity contribution in [1.29, 1.82) is 0 Å². The van der Waals surface area contributed by atoms with Crippen LogP contribution >= 0.6 is 0 Å². The van der Waals surface area contributed by atoms with Crippen LogP contribution < -0.4 is 0 Å². The van der Waals surface area contributed by atoms with Gasteiger partial charge in [0.15, 0.2) is 0 Å². The first-order valence-electron chi connectivity index (χ1n) is 4.74. The van der Waals surface area contributed by atoms with E-state index in [0.29, 0.717) is 12.3 Å². The van der Waals surface area contributed by atoms with E-state index in [-0.39, 0.29) is 6.67 Å². The number of alkyl halides is 1. The van der Waals surface area contributed by atoms with Gasteiger partial charge in [0.1, 0.15) is 0 Å². The summed E-state index contributed by atoms with van der Waals surface area (Å²) in [6, 6.07) is 0. The van der Waals surface area contributed by atoms with E-state index < -0.39 is 5.60 Å². The molecule has 0 fully saturated rings. The molecule has 0 aromatic carbocycles. The zero-order valence-corrected chi connectivity index (χ0v) is 8.44. The van der Waals surface area contributed by atoms with Crippen molar-refractivity contribution in [1.82, 2.24) is 0 Å². The maximum atomic E-state index is 11.9. The lowest BCUT2D eigenvalue weighted by molar-refractivity contribution is 0.0668. The minimum atomic E-state index is -0.560. The highest BCUT2D eigenvalue weighted by Gasteiger charge is 2.12. The molecule has 0 bridgehead atoms. The van der Waals surface area contributed by atoms with Crippen molar-refractivity contribution in [3.05, 3.63) is 0 Å². The van der Waals surface area contributed by atoms with Gasteiger partial charge < -0.3 is 5.11 Å². The van der Waals surface area contributed by atoms with Gasteiger partial charge in [0.2, 0.25) is 0 Å². The predicted octanol–water partition coefficient (Wildman–Crippen LogP) is 2.92. The molecule has 0 saturated carbocycles. The summed E-state index contributed by atoms with van der Waals surface area (Å²) in [5.41, 5.74) is -0.560. The lowest BCUT2D eigenvalue weighted by atomic mass is 9.95. The monoisotopic (exact) mass is 176 g/mol. The van der Waals surface area contributed by atoms with Crippen molar-refractivity contribution in [2.24, 2.45) is 5.92 Å². The second-order valence-electron chi connectivity index (χ2n) is 4.29. The van der Waals surface area contributed by atoms with Gasteiger partial charge in [0.25, 0.3) is 0 Å². The molecule has 0 aromatic heterocycles. The molecule has 0 aliphatic rings. The number of aliphatic hydroxyl groups is 1. The summed E-state index contributed by atoms with van der Waals surface area (Å²) in [7, 11) is 0. The van der Waals surface area contributed by atoms with E-state index in [1.165, 1.54) is 0 Å². The Labute approximate surface area is 75.0 Å². The van der Waals surface area contributed by atoms with Gasteiger partial charge in [0.05, 0.1) is 12.3 Å². The fourth-order valence-electron chi connectivity index (χ4n) is 1.21. The molecule has 12 heavy (non-hydrogen) atoms. The molecule has 0 heterocycles. The van der Waals surface area contributed by atoms with Crippen LogP contribution in [0.2, 0.25) is 0 Å². The topological polar surface area (TPSA) is 20.2 Å². The molecule has 2 heteroatoms. The van der Waals surface area contributed by atoms with Crippen LogP contribution in [0.15, 0.2) is 0 Å². The normalized spacial score (nSPS) is 14.8. The summed E-state index contributed by atoms with van der Waals surface area (Å²) >= 11 is 0. The predicted molar refractivity (Wildman–Crippen MR) is 49.9 cm³/mol. The molecule has 0 unspecified atom stereocenters. The molecular weight excluding hydrogens is 155 g/mol. The molecule has 0 saturated heterocycles. The van der Waals surface area contributed by atoms with Crippen LogP contribution in [0.3, 0.4) is 0 Å². The third-order valence-corrected chi connectivity index (χ3v) is 2.09. The molecule has 0 aliphatic heterocycles. The Bertz CT molecular complexity index is 107. The Morgan fingerprint density at radius 3 is 2.33 bits per heavy atom. The van der Waals surface area contributed by atoms with Gasteiger partial charge in [-0.1, -0.05) is 19.8 Å². The maximum absolute atomic E-state index is 11.9. The lowest BCUT2D eigenvalue weighted by Gasteiger charge is -2.17. The maximum Gasteiger partial charge on any atom is 0.0897 e. The highest BCUT2D eigenvalue weighted by atomic mass is 19.1. The minimum absolute atomic E-state index is 0.219. The van der Waals surface area contributed by atoms with Crippen LogP contribution in [0.5, 0.6) is 0 Å². The van der Waals surface area contributed by atoms with Gasteiger partial charge in [-0.3, -0.25) is 4.39 Å². The van der Waals surface area contributed by atoms with Crippen LogP contribution in [-0.4, -0.2) is 17.4 Å². The second-order valence-corrected chi connectivity index (χ2v) is 4.29. The number of hydrogen-bond donors (Lipinski definition) is 1. The van der Waals surface area contributed by atoms with Gasteiger partial charge in [0, 0.05) is 0 Å². The van der Waals surface area contributed by atoms with E-state index in [1.807, 2.05) is 13.8 Å². The first kappa shape index (κ1) is 11.9. The van der Waals surface area contributed by atoms with Crippen molar-refractivity contribution in [2.45, 2.75) is 52.1 Å². The third kappa shape index (κ3) is 7.99. The summed E-state index contributed by atoms with van der Waals surface area (Å²) in [5, 5.41) is 9.39. The summed E-state index contributed by atoms with van der Waals surface area (Å²) in [6.07, 6.45) is 3.48. The van der Waals surface area contributed by atoms with E-state index in [4.69, 9.17) is 0 Å². The van der Waals surface area contributed by atoms with Crippen LogP contribution in [0.25, 0.3) is 0 Å². The zero-order valence-electron chi connectivity index (χ0n) is 8.44. The average molecular weight is 176 g/mol. The van der Waals surface area contributed by atoms with E-state index in [0.717, 1.165) is 19.3 Å². The summed E-state index contributed by atoms with van der Waals surface area (Å²) in [4.78, 5) is 0. The molecule has 1 N–H and O–H groups in total. The van der Waals surface area contributed by atoms with Gasteiger partial charge in [-0.2, -0.15) is 0 Å². The summed E-state index contributed by atoms with van der Waals surface area (Å²) in [6.45, 7) is 5.47. The zero-order chi connectivity index (χ0) is 9.61. The number of hydrogen-bond acceptors (Lipinski definition) is 1. The van der Waals surface area contributed by atoms with Crippen molar-refractivity contribution in [3.63, 3.8) is 0 Å². The summed E-state index contributed by atoms with van der Waals surface area (Å²) in [5.74, 6) is 0.456. The molecule has 1 nitrogen and oxygen atoms in total. The number of halogens is 1. The van der Waals surface area contributed by atoms with Crippen LogP contribution in [0.4, 0.5) is 4.39 Å². The highest BCUT2D eigenvalue weighted by molar-refractivity contribution is 4.65. The Balaban J connectivity index is 3.31. The molecule has 0 spiro atoms. The van der Waals surface area contributed by atoms with Gasteiger partial charge in [-0.25, -0.2) is 0 Å². The van der Waals surface area contributed by atoms with E-state index >= 15 is 0 Å². The first-order chi connectivity index (χ1) is 5.45. The molecule has 0 amide bonds. The molecular formula is C10H21FO. The molecule has 74 valence electrons. The van der Waals surface area contributed by atoms with E-state index in [2.05, 4.69) is 6.92 Å². The van der Waals surface area contributed by atoms with Crippen molar-refractivity contribution >= 4 is 0 Å². The number of rotatable bonds is 6. The second kappa shape index (κ2) is 5.52. The molecule has 0 aliphatic carbocycles. The SMILES string of the molecule is C[C@H](CCF)CCCC(C)(C)O. The van der Waals surface area contributed by atoms with Crippen LogP contribution in [0, 0.1) is 5.92 Å². The van der Waals surface area contributed by atoms with Gasteiger partial charge in [-0.05, 0) is 32.6 Å². The fraction of sp³-hybridized carbons (Fsp3) is 1.00. The molecule has 0 aromatic rings. The molecule has 0 radical (unpaired) electrons. The molecule has 0 rings (SSSR count). The smallest absolute Gasteiger partial charge is 0.0897 e. The standard InChI is InChI=1S/C10H21FO/c1-9(6-8-11)5-4-7-10(2,3)12/h9,12H,4-8H2,1-3H3/t9-/m0/s1. The quantitative estimate of drug-likeness (QED) is 0.659. The first-order valence-corrected chi connectivity index (χ1v) is 4.74. The van der Waals surface area contributed by atoms with Crippen molar-refractivity contribution in [3.8, 4) is 0 Å². The van der Waals surface area contributed by atoms with Crippen molar-refractivity contribution < 1.29 is 9.50 Å². The van der Waals surface area contributed by atoms with Crippen LogP contribution in [0.1, 0.15) is 46.5 Å². The highest BCUT2D eigenvalue weighted by Crippen LogP contribution is 2.17. The Morgan fingerprint density at radius 1 is 1.33 bits per heavy atom. The van der Waals surface area contributed by atoms with E-state index in [9.17, 15) is 9.50 Å². The van der Waals surface area contributed by atoms with Crippen LogP contribution in [-0.2, 0) is 0 Å². The van der Waals surface area contributed by atoms with E-state index in [1.54, 1.807) is 0 Å². The third-order valence-electron chi connectivity index (χ3n) is 2.09. The Kier molecular flexibility index (Phi) is 5.47. The largest absolute Gasteiger partial charge is 0.390 e. The lowest BCUT2D eigenvalue weighted by Crippen LogP contribution is -2.18. The fourth-order valence-corrected chi connectivity index (χ4v) is 1.21. The van der Waals surface area contributed by atoms with Crippen molar-refractivity contribution in [2.75, 3.05) is 6.67 Å². The molecule has 1 atom stereocenters. The van der Waals surface area contributed by atoms with Gasteiger partial charge >= 0.3 is 0 Å².